The maximum absolute atomic E-state index is 10.2. The predicted octanol–water partition coefficient (Wildman–Crippen LogP) is 13.9. The second kappa shape index (κ2) is 62.7. The third-order valence-electron chi connectivity index (χ3n) is 10.9. The van der Waals surface area contributed by atoms with Gasteiger partial charge in [-0.3, -0.25) is 0 Å². The molecule has 61 heavy (non-hydrogen) atoms. The quantitative estimate of drug-likeness (QED) is 0.0340. The zero-order valence-corrected chi connectivity index (χ0v) is 43.1. The van der Waals surface area contributed by atoms with E-state index >= 15 is 0 Å². The third kappa shape index (κ3) is 76.2. The normalized spacial score (nSPS) is 11.1. The van der Waals surface area contributed by atoms with Gasteiger partial charge in [0.05, 0.1) is 0 Å². The van der Waals surface area contributed by atoms with E-state index in [9.17, 15) is 29.7 Å². The number of aliphatic carboxylic acids is 3. The fraction of sp³-hybridized carbons (Fsp3) is 0.833. The fourth-order valence-electron chi connectivity index (χ4n) is 7.02. The maximum atomic E-state index is 10.2. The molecule has 0 saturated carbocycles. The minimum absolute atomic E-state index is 0. The molecule has 0 aliphatic rings. The smallest absolute Gasteiger partial charge is 0.550 e. The molecule has 0 heterocycles. The van der Waals surface area contributed by atoms with Crippen LogP contribution in [0.15, 0.2) is 36.5 Å². The number of hydrogen-bond acceptors (Lipinski definition) is 6. The van der Waals surface area contributed by atoms with Gasteiger partial charge in [-0.15, -0.1) is 0 Å². The van der Waals surface area contributed by atoms with Crippen LogP contribution < -0.4 is 15.3 Å². The van der Waals surface area contributed by atoms with Gasteiger partial charge in [0, 0.05) is 17.9 Å². The molecule has 0 aliphatic carbocycles. The first-order valence-electron chi connectivity index (χ1n) is 25.9. The molecule has 2 radical (unpaired) electrons. The number of rotatable bonds is 45. The topological polar surface area (TPSA) is 120 Å². The minimum atomic E-state index is -0.914. The molecule has 0 unspecified atom stereocenters. The van der Waals surface area contributed by atoms with Gasteiger partial charge in [-0.2, -0.15) is 0 Å². The molecule has 0 N–H and O–H groups in total. The summed E-state index contributed by atoms with van der Waals surface area (Å²) in [5, 5.41) is 30.6. The van der Waals surface area contributed by atoms with Crippen LogP contribution in [0.25, 0.3) is 0 Å². The van der Waals surface area contributed by atoms with E-state index in [0.29, 0.717) is 0 Å². The Morgan fingerprint density at radius 3 is 0.574 bits per heavy atom. The molecule has 0 fully saturated rings. The molecule has 0 bridgehead atoms. The van der Waals surface area contributed by atoms with Crippen LogP contribution in [-0.4, -0.2) is 42.3 Å². The molecule has 0 aromatic heterocycles. The number of unbranched alkanes of at least 4 members (excludes halogenated alkanes) is 33. The van der Waals surface area contributed by atoms with Crippen LogP contribution in [0.4, 0.5) is 0 Å². The van der Waals surface area contributed by atoms with E-state index in [-0.39, 0.29) is 43.7 Å². The summed E-state index contributed by atoms with van der Waals surface area (Å²) in [5.41, 5.74) is 0. The van der Waals surface area contributed by atoms with E-state index in [1.54, 1.807) is 0 Å². The average Bonchev–Trinajstić information content (AvgIpc) is 3.22. The van der Waals surface area contributed by atoms with Gasteiger partial charge in [0.2, 0.25) is 0 Å². The van der Waals surface area contributed by atoms with Gasteiger partial charge in [-0.05, 0) is 116 Å². The van der Waals surface area contributed by atoms with E-state index < -0.39 is 17.9 Å². The van der Waals surface area contributed by atoms with E-state index in [2.05, 4.69) is 57.2 Å². The number of carboxylic acid groups (broad SMARTS) is 3. The first kappa shape index (κ1) is 66.1. The van der Waals surface area contributed by atoms with Gasteiger partial charge in [-0.1, -0.05) is 211 Å². The molecule has 0 spiro atoms. The van der Waals surface area contributed by atoms with Crippen molar-refractivity contribution in [1.29, 1.82) is 0 Å². The van der Waals surface area contributed by atoms with Crippen LogP contribution in [0.3, 0.4) is 0 Å². The van der Waals surface area contributed by atoms with Crippen molar-refractivity contribution >= 4 is 42.3 Å². The maximum Gasteiger partial charge on any atom is 3.00 e. The van der Waals surface area contributed by atoms with Crippen molar-refractivity contribution in [3.8, 4) is 0 Å². The second-order valence-electron chi connectivity index (χ2n) is 17.1. The molecule has 0 rings (SSSR count). The first-order chi connectivity index (χ1) is 29.3. The number of carbonyl (C=O) groups is 3. The van der Waals surface area contributed by atoms with E-state index in [0.717, 1.165) is 57.8 Å². The van der Waals surface area contributed by atoms with E-state index in [1.807, 2.05) is 0 Å². The van der Waals surface area contributed by atoms with Crippen LogP contribution >= 0.6 is 0 Å². The summed E-state index contributed by atoms with van der Waals surface area (Å²) in [6.45, 7) is 6.77. The third-order valence-corrected chi connectivity index (χ3v) is 10.9. The summed E-state index contributed by atoms with van der Waals surface area (Å²) in [5.74, 6) is -2.74. The number of allylic oxidation sites excluding steroid dienone is 6. The molecule has 6 nitrogen and oxygen atoms in total. The Bertz CT molecular complexity index is 827. The van der Waals surface area contributed by atoms with Crippen molar-refractivity contribution in [2.75, 3.05) is 0 Å². The summed E-state index contributed by atoms with van der Waals surface area (Å²) < 4.78 is 0. The van der Waals surface area contributed by atoms with Crippen molar-refractivity contribution in [3.05, 3.63) is 36.5 Å². The minimum Gasteiger partial charge on any atom is -0.550 e. The molecule has 0 aromatic carbocycles. The SMILES string of the molecule is CCCCCCCC/C=C\CCCCCCCC(=O)[O-].CCCCCCCC/C=C\CCCCCCCC(=O)[O-].CCCCCCCC/C=C\CCCCCCCC(=O)[O-].[Sb+3]. The van der Waals surface area contributed by atoms with Gasteiger partial charge in [0.15, 0.2) is 0 Å². The molecule has 0 saturated heterocycles. The monoisotopic (exact) mass is 965 g/mol. The number of carboxylic acids is 3. The molecule has 0 aliphatic heterocycles. The summed E-state index contributed by atoms with van der Waals surface area (Å²) in [6, 6.07) is 0. The Morgan fingerprint density at radius 1 is 0.262 bits per heavy atom. The van der Waals surface area contributed by atoms with E-state index in [4.69, 9.17) is 0 Å². The Balaban J connectivity index is -0.000000396. The van der Waals surface area contributed by atoms with Gasteiger partial charge in [-0.25, -0.2) is 0 Å². The van der Waals surface area contributed by atoms with Crippen LogP contribution in [0.2, 0.25) is 0 Å². The van der Waals surface area contributed by atoms with Gasteiger partial charge in [0.25, 0.3) is 0 Å². The molecule has 0 amide bonds. The molecule has 0 atom stereocenters. The summed E-state index contributed by atoms with van der Waals surface area (Å²) in [6.07, 6.45) is 62.7. The first-order valence-corrected chi connectivity index (χ1v) is 25.9. The van der Waals surface area contributed by atoms with Crippen LogP contribution in [-0.2, 0) is 14.4 Å². The number of carbonyl (C=O) groups excluding carboxylic acids is 3. The van der Waals surface area contributed by atoms with Gasteiger partial charge < -0.3 is 29.7 Å². The summed E-state index contributed by atoms with van der Waals surface area (Å²) in [7, 11) is 0. The summed E-state index contributed by atoms with van der Waals surface area (Å²) >= 11 is 0. The zero-order chi connectivity index (χ0) is 44.7. The molecular weight excluding hydrogens is 866 g/mol. The van der Waals surface area contributed by atoms with Crippen molar-refractivity contribution < 1.29 is 29.7 Å². The van der Waals surface area contributed by atoms with Gasteiger partial charge in [0.1, 0.15) is 0 Å². The zero-order valence-electron chi connectivity index (χ0n) is 40.6. The van der Waals surface area contributed by atoms with Crippen LogP contribution in [0.1, 0.15) is 290 Å². The Morgan fingerprint density at radius 2 is 0.410 bits per heavy atom. The standard InChI is InChI=1S/3C18H34O2.Sb/c3*1-2-3-4-5-6-7-8-9-10-11-12-13-14-15-16-17-18(19)20;/h3*9-10H,2-8,11-17H2,1H3,(H,19,20);/q;;;+3/p-3/b3*10-9-;. The van der Waals surface area contributed by atoms with Crippen LogP contribution in [0.5, 0.6) is 0 Å². The molecule has 7 heteroatoms. The van der Waals surface area contributed by atoms with Crippen molar-refractivity contribution in [2.45, 2.75) is 290 Å². The van der Waals surface area contributed by atoms with Gasteiger partial charge >= 0.3 is 24.4 Å². The summed E-state index contributed by atoms with van der Waals surface area (Å²) in [4.78, 5) is 30.6. The molecule has 0 aromatic rings. The Kier molecular flexibility index (Phi) is 67.9. The van der Waals surface area contributed by atoms with Crippen molar-refractivity contribution in [2.24, 2.45) is 0 Å². The fourth-order valence-corrected chi connectivity index (χ4v) is 7.02. The van der Waals surface area contributed by atoms with Crippen LogP contribution in [0, 0.1) is 0 Å². The number of hydrogen-bond donors (Lipinski definition) is 0. The predicted molar refractivity (Wildman–Crippen MR) is 259 cm³/mol. The van der Waals surface area contributed by atoms with E-state index in [1.165, 1.54) is 193 Å². The average molecular weight is 966 g/mol. The molecule has 356 valence electrons. The Hall–Kier alpha value is -1.55. The molecular formula is C54H99O6Sb. The van der Waals surface area contributed by atoms with Crippen molar-refractivity contribution in [3.63, 3.8) is 0 Å². The largest absolute Gasteiger partial charge is 3.00 e. The Labute approximate surface area is 396 Å². The second-order valence-corrected chi connectivity index (χ2v) is 17.1. The van der Waals surface area contributed by atoms with Crippen molar-refractivity contribution in [1.82, 2.24) is 0 Å².